The van der Waals surface area contributed by atoms with Crippen LogP contribution >= 0.6 is 11.6 Å². The molecule has 1 atom stereocenters. The van der Waals surface area contributed by atoms with Crippen molar-refractivity contribution >= 4 is 23.5 Å². The molecule has 1 aromatic rings. The molecule has 1 aliphatic carbocycles. The van der Waals surface area contributed by atoms with E-state index in [0.717, 1.165) is 24.8 Å². The first-order valence-electron chi connectivity index (χ1n) is 8.04. The van der Waals surface area contributed by atoms with Gasteiger partial charge < -0.3 is 10.0 Å². The van der Waals surface area contributed by atoms with Crippen LogP contribution < -0.4 is 0 Å². The SMILES string of the molecule is CC(C)(C(=O)N1CCC2(CC1)CC2C(=O)O)c1cccc(Cl)c1. The number of nitrogens with zero attached hydrogens (tertiary/aromatic N) is 1. The predicted octanol–water partition coefficient (Wildman–Crippen LogP) is 3.33. The highest BCUT2D eigenvalue weighted by Gasteiger charge is 2.59. The van der Waals surface area contributed by atoms with Crippen LogP contribution in [0.3, 0.4) is 0 Å². The van der Waals surface area contributed by atoms with E-state index < -0.39 is 11.4 Å². The maximum atomic E-state index is 12.9. The van der Waals surface area contributed by atoms with Gasteiger partial charge in [0.1, 0.15) is 0 Å². The molecule has 1 saturated carbocycles. The Morgan fingerprint density at radius 2 is 1.96 bits per heavy atom. The highest BCUT2D eigenvalue weighted by atomic mass is 35.5. The fourth-order valence-corrected chi connectivity index (χ4v) is 3.99. The number of amides is 1. The molecular formula is C18H22ClNO3. The van der Waals surface area contributed by atoms with Crippen molar-refractivity contribution < 1.29 is 14.7 Å². The minimum absolute atomic E-state index is 0.0528. The summed E-state index contributed by atoms with van der Waals surface area (Å²) in [7, 11) is 0. The third-order valence-corrected chi connectivity index (χ3v) is 5.85. The molecule has 23 heavy (non-hydrogen) atoms. The fourth-order valence-electron chi connectivity index (χ4n) is 3.80. The average molecular weight is 336 g/mol. The number of benzene rings is 1. The summed E-state index contributed by atoms with van der Waals surface area (Å²) in [5.41, 5.74) is 0.221. The number of carboxylic acids is 1. The summed E-state index contributed by atoms with van der Waals surface area (Å²) >= 11 is 6.05. The van der Waals surface area contributed by atoms with E-state index in [-0.39, 0.29) is 17.2 Å². The van der Waals surface area contributed by atoms with Crippen molar-refractivity contribution in [2.24, 2.45) is 11.3 Å². The fraction of sp³-hybridized carbons (Fsp3) is 0.556. The molecule has 1 spiro atoms. The third kappa shape index (κ3) is 2.85. The second-order valence-electron chi connectivity index (χ2n) is 7.38. The molecule has 2 fully saturated rings. The largest absolute Gasteiger partial charge is 0.481 e. The Balaban J connectivity index is 1.69. The molecular weight excluding hydrogens is 314 g/mol. The molecule has 1 unspecified atom stereocenters. The number of likely N-dealkylation sites (tertiary alicyclic amines) is 1. The maximum Gasteiger partial charge on any atom is 0.307 e. The zero-order chi connectivity index (χ0) is 16.8. The van der Waals surface area contributed by atoms with Gasteiger partial charge in [-0.1, -0.05) is 23.7 Å². The molecule has 1 amide bonds. The summed E-state index contributed by atoms with van der Waals surface area (Å²) < 4.78 is 0. The lowest BCUT2D eigenvalue weighted by atomic mass is 9.81. The molecule has 3 rings (SSSR count). The van der Waals surface area contributed by atoms with Crippen LogP contribution in [0.25, 0.3) is 0 Å². The highest BCUT2D eigenvalue weighted by Crippen LogP contribution is 2.59. The summed E-state index contributed by atoms with van der Waals surface area (Å²) in [5, 5.41) is 9.78. The van der Waals surface area contributed by atoms with Crippen LogP contribution in [0.1, 0.15) is 38.7 Å². The lowest BCUT2D eigenvalue weighted by Crippen LogP contribution is -2.47. The van der Waals surface area contributed by atoms with Crippen molar-refractivity contribution in [1.29, 1.82) is 0 Å². The number of halogens is 1. The van der Waals surface area contributed by atoms with E-state index in [1.165, 1.54) is 0 Å². The van der Waals surface area contributed by atoms with Gasteiger partial charge in [0.2, 0.25) is 5.91 Å². The molecule has 1 heterocycles. The van der Waals surface area contributed by atoms with Gasteiger partial charge in [-0.2, -0.15) is 0 Å². The molecule has 0 bridgehead atoms. The van der Waals surface area contributed by atoms with Gasteiger partial charge in [-0.25, -0.2) is 0 Å². The van der Waals surface area contributed by atoms with Crippen LogP contribution in [-0.4, -0.2) is 35.0 Å². The van der Waals surface area contributed by atoms with Gasteiger partial charge in [0.05, 0.1) is 11.3 Å². The van der Waals surface area contributed by atoms with Crippen molar-refractivity contribution in [2.75, 3.05) is 13.1 Å². The minimum atomic E-state index is -0.691. The van der Waals surface area contributed by atoms with E-state index >= 15 is 0 Å². The van der Waals surface area contributed by atoms with Crippen molar-refractivity contribution in [1.82, 2.24) is 4.90 Å². The number of carbonyl (C=O) groups excluding carboxylic acids is 1. The minimum Gasteiger partial charge on any atom is -0.481 e. The number of carboxylic acid groups (broad SMARTS) is 1. The second-order valence-corrected chi connectivity index (χ2v) is 7.82. The van der Waals surface area contributed by atoms with E-state index in [9.17, 15) is 9.59 Å². The standard InChI is InChI=1S/C18H22ClNO3/c1-17(2,12-4-3-5-13(19)10-12)16(23)20-8-6-18(7-9-20)11-14(18)15(21)22/h3-5,10,14H,6-9,11H2,1-2H3,(H,21,22). The van der Waals surface area contributed by atoms with Crippen LogP contribution in [0, 0.1) is 11.3 Å². The zero-order valence-electron chi connectivity index (χ0n) is 13.5. The molecule has 2 aliphatic rings. The topological polar surface area (TPSA) is 57.6 Å². The average Bonchev–Trinajstić information content (AvgIpc) is 3.21. The van der Waals surface area contributed by atoms with Crippen LogP contribution in [0.2, 0.25) is 5.02 Å². The Morgan fingerprint density at radius 1 is 1.30 bits per heavy atom. The Labute approximate surface area is 141 Å². The smallest absolute Gasteiger partial charge is 0.307 e. The Morgan fingerprint density at radius 3 is 2.48 bits per heavy atom. The van der Waals surface area contributed by atoms with Gasteiger partial charge in [-0.3, -0.25) is 9.59 Å². The first kappa shape index (κ1) is 16.3. The number of carbonyl (C=O) groups is 2. The van der Waals surface area contributed by atoms with Gasteiger partial charge >= 0.3 is 5.97 Å². The zero-order valence-corrected chi connectivity index (χ0v) is 14.3. The molecule has 1 saturated heterocycles. The molecule has 1 N–H and O–H groups in total. The first-order valence-corrected chi connectivity index (χ1v) is 8.42. The van der Waals surface area contributed by atoms with Gasteiger partial charge in [0.25, 0.3) is 0 Å². The van der Waals surface area contributed by atoms with Crippen molar-refractivity contribution in [3.63, 3.8) is 0 Å². The van der Waals surface area contributed by atoms with Crippen molar-refractivity contribution in [3.05, 3.63) is 34.9 Å². The molecule has 124 valence electrons. The van der Waals surface area contributed by atoms with E-state index in [1.807, 2.05) is 36.9 Å². The summed E-state index contributed by atoms with van der Waals surface area (Å²) in [6, 6.07) is 7.43. The summed E-state index contributed by atoms with van der Waals surface area (Å²) in [6.45, 7) is 5.13. The molecule has 1 aliphatic heterocycles. The molecule has 0 radical (unpaired) electrons. The van der Waals surface area contributed by atoms with E-state index in [2.05, 4.69) is 0 Å². The predicted molar refractivity (Wildman–Crippen MR) is 88.5 cm³/mol. The lowest BCUT2D eigenvalue weighted by Gasteiger charge is -2.37. The molecule has 1 aromatic carbocycles. The third-order valence-electron chi connectivity index (χ3n) is 5.62. The first-order chi connectivity index (χ1) is 10.8. The number of hydrogen-bond acceptors (Lipinski definition) is 2. The number of hydrogen-bond donors (Lipinski definition) is 1. The summed E-state index contributed by atoms with van der Waals surface area (Å²) in [4.78, 5) is 26.0. The quantitative estimate of drug-likeness (QED) is 0.921. The maximum absolute atomic E-state index is 12.9. The molecule has 5 heteroatoms. The Hall–Kier alpha value is -1.55. The highest BCUT2D eigenvalue weighted by molar-refractivity contribution is 6.30. The van der Waals surface area contributed by atoms with E-state index in [1.54, 1.807) is 6.07 Å². The van der Waals surface area contributed by atoms with Crippen LogP contribution in [0.4, 0.5) is 0 Å². The van der Waals surface area contributed by atoms with Gasteiger partial charge in [0.15, 0.2) is 0 Å². The Bertz CT molecular complexity index is 647. The van der Waals surface area contributed by atoms with E-state index in [0.29, 0.717) is 18.1 Å². The van der Waals surface area contributed by atoms with Gasteiger partial charge in [0, 0.05) is 18.1 Å². The summed E-state index contributed by atoms with van der Waals surface area (Å²) in [5.74, 6) is -0.813. The van der Waals surface area contributed by atoms with Crippen LogP contribution in [0.15, 0.2) is 24.3 Å². The normalized spacial score (nSPS) is 22.9. The van der Waals surface area contributed by atoms with Crippen LogP contribution in [0.5, 0.6) is 0 Å². The molecule has 0 aromatic heterocycles. The van der Waals surface area contributed by atoms with Gasteiger partial charge in [-0.15, -0.1) is 0 Å². The Kier molecular flexibility index (Phi) is 3.91. The number of piperidine rings is 1. The second kappa shape index (κ2) is 5.52. The lowest BCUT2D eigenvalue weighted by molar-refractivity contribution is -0.140. The van der Waals surface area contributed by atoms with Crippen molar-refractivity contribution in [3.8, 4) is 0 Å². The van der Waals surface area contributed by atoms with Crippen LogP contribution in [-0.2, 0) is 15.0 Å². The monoisotopic (exact) mass is 335 g/mol. The number of aliphatic carboxylic acids is 1. The summed E-state index contributed by atoms with van der Waals surface area (Å²) in [6.07, 6.45) is 2.35. The molecule has 4 nitrogen and oxygen atoms in total. The van der Waals surface area contributed by atoms with Gasteiger partial charge in [-0.05, 0) is 56.2 Å². The number of rotatable bonds is 3. The van der Waals surface area contributed by atoms with E-state index in [4.69, 9.17) is 16.7 Å². The van der Waals surface area contributed by atoms with Crippen molar-refractivity contribution in [2.45, 2.75) is 38.5 Å².